The van der Waals surface area contributed by atoms with Crippen molar-refractivity contribution in [2.75, 3.05) is 18.9 Å². The Balaban J connectivity index is 2.02. The van der Waals surface area contributed by atoms with Crippen molar-refractivity contribution < 1.29 is 5.11 Å². The summed E-state index contributed by atoms with van der Waals surface area (Å²) in [6, 6.07) is 0. The number of nitrogens with one attached hydrogen (secondary N) is 1. The molecule has 0 aromatic heterocycles. The summed E-state index contributed by atoms with van der Waals surface area (Å²) in [6.07, 6.45) is 3.27. The zero-order valence-corrected chi connectivity index (χ0v) is 6.95. The van der Waals surface area contributed by atoms with Gasteiger partial charge < -0.3 is 0 Å². The third kappa shape index (κ3) is 2.90. The van der Waals surface area contributed by atoms with Crippen molar-refractivity contribution >= 4 is 11.9 Å². The molecule has 1 saturated heterocycles. The van der Waals surface area contributed by atoms with Gasteiger partial charge in [-0.2, -0.15) is 0 Å². The van der Waals surface area contributed by atoms with Crippen molar-refractivity contribution in [1.82, 2.24) is 4.72 Å². The summed E-state index contributed by atoms with van der Waals surface area (Å²) in [4.78, 5) is 0. The Kier molecular flexibility index (Phi) is 4.18. The van der Waals surface area contributed by atoms with Crippen molar-refractivity contribution in [3.05, 3.63) is 0 Å². The zero-order chi connectivity index (χ0) is 7.23. The second-order valence-corrected chi connectivity index (χ2v) is 3.68. The highest BCUT2D eigenvalue weighted by Gasteiger charge is 2.11. The van der Waals surface area contributed by atoms with Crippen LogP contribution in [0.4, 0.5) is 0 Å². The molecule has 2 nitrogen and oxygen atoms in total. The Labute approximate surface area is 66.5 Å². The van der Waals surface area contributed by atoms with Gasteiger partial charge in [0, 0.05) is 12.3 Å². The molecule has 3 heteroatoms. The molecule has 1 fully saturated rings. The van der Waals surface area contributed by atoms with E-state index in [0.717, 1.165) is 25.3 Å². The fourth-order valence-electron chi connectivity index (χ4n) is 1.20. The fourth-order valence-corrected chi connectivity index (χ4v) is 2.14. The van der Waals surface area contributed by atoms with Crippen LogP contribution >= 0.6 is 11.9 Å². The molecule has 0 saturated carbocycles. The van der Waals surface area contributed by atoms with Gasteiger partial charge in [0.25, 0.3) is 0 Å². The normalized spacial score (nSPS) is 26.7. The molecule has 0 spiro atoms. The Morgan fingerprint density at radius 3 is 3.10 bits per heavy atom. The molecule has 0 aliphatic carbocycles. The molecule has 10 heavy (non-hydrogen) atoms. The molecule has 1 heterocycles. The number of rotatable bonds is 3. The topological polar surface area (TPSA) is 31.9 Å². The lowest BCUT2D eigenvalue weighted by Gasteiger charge is -2.21. The van der Waals surface area contributed by atoms with Crippen molar-refractivity contribution in [3.8, 4) is 0 Å². The summed E-state index contributed by atoms with van der Waals surface area (Å²) in [7, 11) is 0. The minimum absolute atomic E-state index is 0.101. The van der Waals surface area contributed by atoms with Gasteiger partial charge in [0.1, 0.15) is 0 Å². The summed E-state index contributed by atoms with van der Waals surface area (Å²) in [5.74, 6) is 1.99. The van der Waals surface area contributed by atoms with Crippen LogP contribution in [0.15, 0.2) is 0 Å². The Morgan fingerprint density at radius 2 is 2.50 bits per heavy atom. The van der Waals surface area contributed by atoms with Crippen molar-refractivity contribution in [1.29, 1.82) is 0 Å². The molecule has 0 aromatic carbocycles. The number of hydrogen-bond donors (Lipinski definition) is 1. The van der Waals surface area contributed by atoms with E-state index in [1.54, 1.807) is 11.9 Å². The molecule has 0 aromatic rings. The van der Waals surface area contributed by atoms with E-state index in [9.17, 15) is 5.11 Å². The van der Waals surface area contributed by atoms with Crippen molar-refractivity contribution in [2.45, 2.75) is 19.3 Å². The maximum Gasteiger partial charge on any atom is 0.0822 e. The molecule has 1 unspecified atom stereocenters. The SMILES string of the molecule is [O]CCCC1CCSNC1. The maximum atomic E-state index is 10.1. The second kappa shape index (κ2) is 4.99. The Bertz CT molecular complexity index is 83.7. The van der Waals surface area contributed by atoms with Crippen LogP contribution in [0.1, 0.15) is 19.3 Å². The quantitative estimate of drug-likeness (QED) is 0.634. The van der Waals surface area contributed by atoms with Crippen LogP contribution in [0, 0.1) is 5.92 Å². The average molecular weight is 160 g/mol. The van der Waals surface area contributed by atoms with E-state index in [0.29, 0.717) is 0 Å². The van der Waals surface area contributed by atoms with Gasteiger partial charge in [-0.25, -0.2) is 5.11 Å². The van der Waals surface area contributed by atoms with Crippen LogP contribution < -0.4 is 4.72 Å². The maximum absolute atomic E-state index is 10.1. The molecule has 1 radical (unpaired) electrons. The van der Waals surface area contributed by atoms with Gasteiger partial charge in [0.2, 0.25) is 0 Å². The van der Waals surface area contributed by atoms with E-state index in [4.69, 9.17) is 0 Å². The van der Waals surface area contributed by atoms with Crippen LogP contribution in [0.2, 0.25) is 0 Å². The zero-order valence-electron chi connectivity index (χ0n) is 6.14. The highest BCUT2D eigenvalue weighted by atomic mass is 32.2. The molecule has 1 rings (SSSR count). The van der Waals surface area contributed by atoms with Gasteiger partial charge in [0.05, 0.1) is 6.61 Å². The lowest BCUT2D eigenvalue weighted by atomic mass is 10.0. The van der Waals surface area contributed by atoms with Gasteiger partial charge in [-0.15, -0.1) is 0 Å². The van der Waals surface area contributed by atoms with E-state index < -0.39 is 0 Å². The van der Waals surface area contributed by atoms with E-state index in [-0.39, 0.29) is 6.61 Å². The van der Waals surface area contributed by atoms with Gasteiger partial charge in [-0.05, 0) is 25.2 Å². The predicted octanol–water partition coefficient (Wildman–Crippen LogP) is 1.45. The first-order chi connectivity index (χ1) is 4.93. The molecule has 0 bridgehead atoms. The van der Waals surface area contributed by atoms with E-state index in [1.807, 2.05) is 0 Å². The average Bonchev–Trinajstić information content (AvgIpc) is 2.03. The Morgan fingerprint density at radius 1 is 1.60 bits per heavy atom. The highest BCUT2D eigenvalue weighted by Crippen LogP contribution is 2.18. The van der Waals surface area contributed by atoms with Crippen LogP contribution in [0.5, 0.6) is 0 Å². The molecule has 1 aliphatic heterocycles. The summed E-state index contributed by atoms with van der Waals surface area (Å²) in [6.45, 7) is 1.20. The summed E-state index contributed by atoms with van der Waals surface area (Å²) in [5, 5.41) is 10.1. The summed E-state index contributed by atoms with van der Waals surface area (Å²) < 4.78 is 3.26. The minimum Gasteiger partial charge on any atom is -0.264 e. The van der Waals surface area contributed by atoms with Gasteiger partial charge in [0.15, 0.2) is 0 Å². The van der Waals surface area contributed by atoms with E-state index in [2.05, 4.69) is 4.72 Å². The number of hydrogen-bond acceptors (Lipinski definition) is 2. The fraction of sp³-hybridized carbons (Fsp3) is 1.00. The highest BCUT2D eigenvalue weighted by molar-refractivity contribution is 7.97. The van der Waals surface area contributed by atoms with Crippen LogP contribution in [0.25, 0.3) is 0 Å². The third-order valence-electron chi connectivity index (χ3n) is 1.86. The summed E-state index contributed by atoms with van der Waals surface area (Å²) >= 11 is 1.80. The molecule has 59 valence electrons. The predicted molar refractivity (Wildman–Crippen MR) is 43.4 cm³/mol. The minimum atomic E-state index is 0.101. The molecule has 1 N–H and O–H groups in total. The van der Waals surface area contributed by atoms with Crippen molar-refractivity contribution in [3.63, 3.8) is 0 Å². The molecule has 1 aliphatic rings. The van der Waals surface area contributed by atoms with Gasteiger partial charge in [-0.1, -0.05) is 11.9 Å². The van der Waals surface area contributed by atoms with Crippen LogP contribution in [-0.2, 0) is 5.11 Å². The smallest absolute Gasteiger partial charge is 0.0822 e. The lowest BCUT2D eigenvalue weighted by Crippen LogP contribution is -2.23. The molecule has 0 amide bonds. The standard InChI is InChI=1S/C7H14NOS/c9-4-1-2-7-3-5-10-8-6-7/h7-8H,1-6H2. The first-order valence-electron chi connectivity index (χ1n) is 3.86. The Hall–Kier alpha value is 0.270. The largest absolute Gasteiger partial charge is 0.264 e. The van der Waals surface area contributed by atoms with Gasteiger partial charge >= 0.3 is 0 Å². The molecular formula is C7H14NOS. The lowest BCUT2D eigenvalue weighted by molar-refractivity contribution is 0.180. The van der Waals surface area contributed by atoms with E-state index >= 15 is 0 Å². The third-order valence-corrected chi connectivity index (χ3v) is 2.67. The van der Waals surface area contributed by atoms with Crippen LogP contribution in [-0.4, -0.2) is 18.9 Å². The molecular weight excluding hydrogens is 146 g/mol. The van der Waals surface area contributed by atoms with Gasteiger partial charge in [-0.3, -0.25) is 4.72 Å². The monoisotopic (exact) mass is 160 g/mol. The molecule has 1 atom stereocenters. The van der Waals surface area contributed by atoms with E-state index in [1.165, 1.54) is 12.2 Å². The van der Waals surface area contributed by atoms with Crippen molar-refractivity contribution in [2.24, 2.45) is 5.92 Å². The first kappa shape index (κ1) is 8.37. The van der Waals surface area contributed by atoms with Crippen LogP contribution in [0.3, 0.4) is 0 Å². The summed E-state index contributed by atoms with van der Waals surface area (Å²) in [5.41, 5.74) is 0. The first-order valence-corrected chi connectivity index (χ1v) is 4.85. The second-order valence-electron chi connectivity index (χ2n) is 2.70.